The normalized spacial score (nSPS) is 15.5. The van der Waals surface area contributed by atoms with Crippen molar-refractivity contribution >= 4 is 34.1 Å². The summed E-state index contributed by atoms with van der Waals surface area (Å²) in [7, 11) is 1.81. The first kappa shape index (κ1) is 14.3. The Morgan fingerprint density at radius 2 is 2.10 bits per heavy atom. The fourth-order valence-electron chi connectivity index (χ4n) is 1.86. The minimum absolute atomic E-state index is 0.0508. The van der Waals surface area contributed by atoms with Gasteiger partial charge in [0, 0.05) is 13.1 Å². The molecule has 0 radical (unpaired) electrons. The molecule has 1 aliphatic carbocycles. The van der Waals surface area contributed by atoms with Gasteiger partial charge in [0.1, 0.15) is 5.25 Å². The Hall–Kier alpha value is -1.60. The van der Waals surface area contributed by atoms with E-state index in [0.717, 1.165) is 27.9 Å². The lowest BCUT2D eigenvalue weighted by Gasteiger charge is -2.15. The molecule has 1 heterocycles. The summed E-state index contributed by atoms with van der Waals surface area (Å²) in [6.07, 6.45) is 2.17. The van der Waals surface area contributed by atoms with Crippen LogP contribution in [-0.4, -0.2) is 29.2 Å². The average molecular weight is 320 g/mol. The molecule has 1 aliphatic rings. The molecular weight excluding hydrogens is 304 g/mol. The van der Waals surface area contributed by atoms with Crippen LogP contribution >= 0.6 is 23.1 Å². The Balaban J connectivity index is 1.79. The van der Waals surface area contributed by atoms with Gasteiger partial charge in [-0.3, -0.25) is 4.79 Å². The van der Waals surface area contributed by atoms with Gasteiger partial charge in [-0.1, -0.05) is 53.4 Å². The molecule has 0 unspecified atom stereocenters. The highest BCUT2D eigenvalue weighted by Gasteiger charge is 2.29. The lowest BCUT2D eigenvalue weighted by Crippen LogP contribution is -2.29. The van der Waals surface area contributed by atoms with E-state index in [1.165, 1.54) is 23.1 Å². The fraction of sp³-hybridized carbons (Fsp3) is 0.357. The highest BCUT2D eigenvalue weighted by atomic mass is 32.2. The van der Waals surface area contributed by atoms with E-state index in [1.807, 2.05) is 37.4 Å². The van der Waals surface area contributed by atoms with Gasteiger partial charge in [0.2, 0.25) is 11.0 Å². The quantitative estimate of drug-likeness (QED) is 0.801. The molecule has 1 saturated carbocycles. The zero-order valence-corrected chi connectivity index (χ0v) is 13.2. The van der Waals surface area contributed by atoms with Crippen LogP contribution in [-0.2, 0) is 4.79 Å². The number of amides is 1. The lowest BCUT2D eigenvalue weighted by molar-refractivity contribution is -0.120. The predicted molar refractivity (Wildman–Crippen MR) is 85.7 cm³/mol. The molecule has 2 N–H and O–H groups in total. The van der Waals surface area contributed by atoms with E-state index < -0.39 is 0 Å². The van der Waals surface area contributed by atoms with Crippen molar-refractivity contribution in [2.45, 2.75) is 28.5 Å². The summed E-state index contributed by atoms with van der Waals surface area (Å²) in [5, 5.41) is 14.6. The Morgan fingerprint density at radius 1 is 1.33 bits per heavy atom. The number of rotatable bonds is 6. The number of carbonyl (C=O) groups is 1. The molecular formula is C14H16N4OS2. The van der Waals surface area contributed by atoms with E-state index in [0.29, 0.717) is 6.04 Å². The maximum absolute atomic E-state index is 12.5. The van der Waals surface area contributed by atoms with Crippen LogP contribution in [0, 0.1) is 0 Å². The highest BCUT2D eigenvalue weighted by molar-refractivity contribution is 8.01. The second-order valence-corrected chi connectivity index (χ2v) is 7.14. The molecule has 7 heteroatoms. The van der Waals surface area contributed by atoms with Crippen molar-refractivity contribution in [2.75, 3.05) is 12.4 Å². The van der Waals surface area contributed by atoms with E-state index in [1.54, 1.807) is 0 Å². The summed E-state index contributed by atoms with van der Waals surface area (Å²) in [6.45, 7) is 0. The third kappa shape index (κ3) is 3.74. The van der Waals surface area contributed by atoms with E-state index >= 15 is 0 Å². The van der Waals surface area contributed by atoms with Crippen LogP contribution in [0.2, 0.25) is 0 Å². The first-order chi connectivity index (χ1) is 10.3. The number of aromatic nitrogens is 2. The summed E-state index contributed by atoms with van der Waals surface area (Å²) < 4.78 is 0.791. The monoisotopic (exact) mass is 320 g/mol. The topological polar surface area (TPSA) is 66.9 Å². The van der Waals surface area contributed by atoms with Crippen molar-refractivity contribution in [3.63, 3.8) is 0 Å². The molecule has 1 aromatic heterocycles. The molecule has 1 aromatic carbocycles. The van der Waals surface area contributed by atoms with Gasteiger partial charge >= 0.3 is 0 Å². The van der Waals surface area contributed by atoms with Gasteiger partial charge in [-0.2, -0.15) is 0 Å². The number of nitrogens with zero attached hydrogens (tertiary/aromatic N) is 2. The Morgan fingerprint density at radius 3 is 2.71 bits per heavy atom. The van der Waals surface area contributed by atoms with E-state index in [4.69, 9.17) is 0 Å². The lowest BCUT2D eigenvalue weighted by atomic mass is 10.1. The maximum Gasteiger partial charge on any atom is 0.238 e. The maximum atomic E-state index is 12.5. The molecule has 5 nitrogen and oxygen atoms in total. The van der Waals surface area contributed by atoms with Crippen molar-refractivity contribution in [3.05, 3.63) is 35.9 Å². The second-order valence-electron chi connectivity index (χ2n) is 4.81. The zero-order chi connectivity index (χ0) is 14.7. The SMILES string of the molecule is CNc1nnc(S[C@@H](C(=O)NC2CC2)c2ccccc2)s1. The number of carbonyl (C=O) groups excluding carboxylic acids is 1. The first-order valence-electron chi connectivity index (χ1n) is 6.79. The number of nitrogens with one attached hydrogen (secondary N) is 2. The van der Waals surface area contributed by atoms with E-state index in [9.17, 15) is 4.79 Å². The van der Waals surface area contributed by atoms with Crippen molar-refractivity contribution in [1.29, 1.82) is 0 Å². The first-order valence-corrected chi connectivity index (χ1v) is 8.49. The molecule has 21 heavy (non-hydrogen) atoms. The minimum Gasteiger partial charge on any atom is -0.363 e. The summed E-state index contributed by atoms with van der Waals surface area (Å²) in [5.74, 6) is 0.0508. The molecule has 0 bridgehead atoms. The molecule has 2 aromatic rings. The fourth-order valence-corrected chi connectivity index (χ4v) is 3.77. The van der Waals surface area contributed by atoms with Gasteiger partial charge in [-0.25, -0.2) is 0 Å². The van der Waals surface area contributed by atoms with Gasteiger partial charge in [0.25, 0.3) is 0 Å². The number of thioether (sulfide) groups is 1. The zero-order valence-electron chi connectivity index (χ0n) is 11.6. The minimum atomic E-state index is -0.288. The largest absolute Gasteiger partial charge is 0.363 e. The molecule has 3 rings (SSSR count). The number of benzene rings is 1. The van der Waals surface area contributed by atoms with Crippen LogP contribution < -0.4 is 10.6 Å². The van der Waals surface area contributed by atoms with Crippen LogP contribution in [0.25, 0.3) is 0 Å². The van der Waals surface area contributed by atoms with Gasteiger partial charge in [0.05, 0.1) is 0 Å². The van der Waals surface area contributed by atoms with Crippen LogP contribution in [0.15, 0.2) is 34.7 Å². The van der Waals surface area contributed by atoms with Crippen molar-refractivity contribution in [3.8, 4) is 0 Å². The second kappa shape index (κ2) is 6.44. The molecule has 0 spiro atoms. The van der Waals surface area contributed by atoms with Crippen molar-refractivity contribution < 1.29 is 4.79 Å². The molecule has 1 fully saturated rings. The number of hydrogen-bond acceptors (Lipinski definition) is 6. The van der Waals surface area contributed by atoms with E-state index in [2.05, 4.69) is 20.8 Å². The molecule has 0 saturated heterocycles. The standard InChI is InChI=1S/C14H16N4OS2/c1-15-13-17-18-14(21-13)20-11(9-5-3-2-4-6-9)12(19)16-10-7-8-10/h2-6,10-11H,7-8H2,1H3,(H,15,17)(H,16,19)/t11-/m1/s1. The Kier molecular flexibility index (Phi) is 4.40. The van der Waals surface area contributed by atoms with E-state index in [-0.39, 0.29) is 11.2 Å². The Labute approximate surface area is 131 Å². The van der Waals surface area contributed by atoms with Gasteiger partial charge in [-0.15, -0.1) is 10.2 Å². The third-order valence-electron chi connectivity index (χ3n) is 3.10. The summed E-state index contributed by atoms with van der Waals surface area (Å²) in [5.41, 5.74) is 0.988. The highest BCUT2D eigenvalue weighted by Crippen LogP contribution is 2.38. The number of hydrogen-bond donors (Lipinski definition) is 2. The van der Waals surface area contributed by atoms with Crippen LogP contribution in [0.3, 0.4) is 0 Å². The van der Waals surface area contributed by atoms with Crippen LogP contribution in [0.1, 0.15) is 23.7 Å². The van der Waals surface area contributed by atoms with Gasteiger partial charge in [-0.05, 0) is 18.4 Å². The number of anilines is 1. The summed E-state index contributed by atoms with van der Waals surface area (Å²) in [4.78, 5) is 12.5. The van der Waals surface area contributed by atoms with Crippen molar-refractivity contribution in [2.24, 2.45) is 0 Å². The summed E-state index contributed by atoms with van der Waals surface area (Å²) >= 11 is 2.91. The molecule has 110 valence electrons. The predicted octanol–water partition coefficient (Wildman–Crippen LogP) is 2.69. The molecule has 1 atom stereocenters. The molecule has 1 amide bonds. The van der Waals surface area contributed by atoms with Crippen LogP contribution in [0.4, 0.5) is 5.13 Å². The molecule has 0 aliphatic heterocycles. The van der Waals surface area contributed by atoms with Gasteiger partial charge in [0.15, 0.2) is 4.34 Å². The smallest absolute Gasteiger partial charge is 0.238 e. The Bertz CT molecular complexity index is 612. The van der Waals surface area contributed by atoms with Crippen LogP contribution in [0.5, 0.6) is 0 Å². The average Bonchev–Trinajstić information content (AvgIpc) is 3.21. The van der Waals surface area contributed by atoms with Crippen molar-refractivity contribution in [1.82, 2.24) is 15.5 Å². The summed E-state index contributed by atoms with van der Waals surface area (Å²) in [6, 6.07) is 10.2. The third-order valence-corrected chi connectivity index (χ3v) is 5.38. The van der Waals surface area contributed by atoms with Gasteiger partial charge < -0.3 is 10.6 Å².